The van der Waals surface area contributed by atoms with Gasteiger partial charge in [-0.3, -0.25) is 4.79 Å². The van der Waals surface area contributed by atoms with Gasteiger partial charge < -0.3 is 10.3 Å². The van der Waals surface area contributed by atoms with E-state index >= 15 is 0 Å². The number of hydrogen-bond donors (Lipinski definition) is 2. The van der Waals surface area contributed by atoms with Crippen LogP contribution in [0.5, 0.6) is 0 Å². The predicted octanol–water partition coefficient (Wildman–Crippen LogP) is 2.72. The van der Waals surface area contributed by atoms with Gasteiger partial charge in [-0.1, -0.05) is 32.6 Å². The van der Waals surface area contributed by atoms with Crippen LogP contribution in [0.25, 0.3) is 0 Å². The molecule has 5 heteroatoms. The van der Waals surface area contributed by atoms with Gasteiger partial charge in [-0.2, -0.15) is 0 Å². The number of aryl methyl sites for hydroxylation is 1. The zero-order chi connectivity index (χ0) is 15.2. The fourth-order valence-corrected chi connectivity index (χ4v) is 2.98. The van der Waals surface area contributed by atoms with Crippen molar-refractivity contribution in [2.24, 2.45) is 5.84 Å². The topological polar surface area (TPSA) is 71.2 Å². The van der Waals surface area contributed by atoms with Gasteiger partial charge in [-0.05, 0) is 31.4 Å². The number of hydrogen-bond acceptors (Lipinski definition) is 4. The fourth-order valence-electron chi connectivity index (χ4n) is 2.98. The summed E-state index contributed by atoms with van der Waals surface area (Å²) in [5, 5.41) is 0. The summed E-state index contributed by atoms with van der Waals surface area (Å²) in [5.41, 5.74) is 4.09. The van der Waals surface area contributed by atoms with Crippen LogP contribution in [0.15, 0.2) is 12.1 Å². The summed E-state index contributed by atoms with van der Waals surface area (Å²) in [6.45, 7) is 2.02. The smallest absolute Gasteiger partial charge is 0.254 e. The van der Waals surface area contributed by atoms with E-state index in [1.807, 2.05) is 24.9 Å². The van der Waals surface area contributed by atoms with Crippen molar-refractivity contribution in [3.8, 4) is 0 Å². The van der Waals surface area contributed by atoms with Crippen LogP contribution < -0.4 is 11.3 Å². The van der Waals surface area contributed by atoms with Crippen molar-refractivity contribution in [1.82, 2.24) is 9.88 Å². The van der Waals surface area contributed by atoms with Gasteiger partial charge in [0.05, 0.1) is 0 Å². The van der Waals surface area contributed by atoms with E-state index in [1.165, 1.54) is 25.7 Å². The third-order valence-electron chi connectivity index (χ3n) is 4.33. The number of nitrogens with one attached hydrogen (secondary N) is 1. The fraction of sp³-hybridized carbons (Fsp3) is 0.625. The minimum Gasteiger partial charge on any atom is -0.339 e. The molecule has 2 rings (SSSR count). The van der Waals surface area contributed by atoms with Gasteiger partial charge in [0.25, 0.3) is 5.91 Å². The lowest BCUT2D eigenvalue weighted by Crippen LogP contribution is -2.36. The van der Waals surface area contributed by atoms with E-state index in [0.717, 1.165) is 25.0 Å². The standard InChI is InChI=1S/C16H26N4O/c1-3-13-10-12(11-15(18-13)19-17)16(21)20(2)14-8-6-4-5-7-9-14/h10-11,14H,3-9,17H2,1-2H3,(H,18,19). The van der Waals surface area contributed by atoms with Crippen molar-refractivity contribution in [2.45, 2.75) is 57.9 Å². The number of anilines is 1. The molecule has 1 saturated carbocycles. The summed E-state index contributed by atoms with van der Waals surface area (Å²) in [6, 6.07) is 3.96. The number of carbonyl (C=O) groups is 1. The first-order valence-corrected chi connectivity index (χ1v) is 7.90. The highest BCUT2D eigenvalue weighted by atomic mass is 16.2. The molecule has 5 nitrogen and oxygen atoms in total. The van der Waals surface area contributed by atoms with Gasteiger partial charge in [0.2, 0.25) is 0 Å². The van der Waals surface area contributed by atoms with Gasteiger partial charge >= 0.3 is 0 Å². The van der Waals surface area contributed by atoms with Gasteiger partial charge in [-0.25, -0.2) is 10.8 Å². The Morgan fingerprint density at radius 2 is 2.00 bits per heavy atom. The Kier molecular flexibility index (Phi) is 5.56. The first kappa shape index (κ1) is 15.8. The summed E-state index contributed by atoms with van der Waals surface area (Å²) < 4.78 is 0. The molecule has 0 spiro atoms. The lowest BCUT2D eigenvalue weighted by molar-refractivity contribution is 0.0717. The normalized spacial score (nSPS) is 16.3. The Labute approximate surface area is 126 Å². The minimum atomic E-state index is 0.0653. The lowest BCUT2D eigenvalue weighted by atomic mass is 10.1. The summed E-state index contributed by atoms with van der Waals surface area (Å²) in [6.07, 6.45) is 8.00. The molecule has 0 atom stereocenters. The van der Waals surface area contributed by atoms with Gasteiger partial charge in [-0.15, -0.1) is 0 Å². The molecule has 3 N–H and O–H groups in total. The van der Waals surface area contributed by atoms with Crippen molar-refractivity contribution in [2.75, 3.05) is 12.5 Å². The maximum atomic E-state index is 12.7. The summed E-state index contributed by atoms with van der Waals surface area (Å²) in [7, 11) is 1.92. The molecule has 1 amide bonds. The van der Waals surface area contributed by atoms with Gasteiger partial charge in [0, 0.05) is 24.3 Å². The van der Waals surface area contributed by atoms with Gasteiger partial charge in [0.1, 0.15) is 5.82 Å². The van der Waals surface area contributed by atoms with Crippen LogP contribution in [0.1, 0.15) is 61.5 Å². The second-order valence-corrected chi connectivity index (χ2v) is 5.79. The third-order valence-corrected chi connectivity index (χ3v) is 4.33. The molecular formula is C16H26N4O. The molecule has 1 aliphatic carbocycles. The molecule has 0 radical (unpaired) electrons. The Morgan fingerprint density at radius 3 is 2.57 bits per heavy atom. The molecule has 116 valence electrons. The van der Waals surface area contributed by atoms with Crippen LogP contribution in [-0.2, 0) is 6.42 Å². The van der Waals surface area contributed by atoms with Crippen molar-refractivity contribution in [3.05, 3.63) is 23.4 Å². The predicted molar refractivity (Wildman–Crippen MR) is 85.0 cm³/mol. The quantitative estimate of drug-likeness (QED) is 0.508. The first-order valence-electron chi connectivity index (χ1n) is 7.90. The number of pyridine rings is 1. The molecule has 0 aromatic carbocycles. The second kappa shape index (κ2) is 7.41. The van der Waals surface area contributed by atoms with E-state index in [2.05, 4.69) is 10.4 Å². The monoisotopic (exact) mass is 290 g/mol. The molecule has 1 aliphatic rings. The lowest BCUT2D eigenvalue weighted by Gasteiger charge is -2.27. The Balaban J connectivity index is 2.17. The number of nitrogens with two attached hydrogens (primary N) is 1. The molecule has 0 unspecified atom stereocenters. The summed E-state index contributed by atoms with van der Waals surface area (Å²) in [4.78, 5) is 19.0. The summed E-state index contributed by atoms with van der Waals surface area (Å²) >= 11 is 0. The maximum Gasteiger partial charge on any atom is 0.254 e. The molecule has 21 heavy (non-hydrogen) atoms. The van der Waals surface area contributed by atoms with E-state index in [0.29, 0.717) is 17.4 Å². The highest BCUT2D eigenvalue weighted by Crippen LogP contribution is 2.23. The number of nitrogens with zero attached hydrogens (tertiary/aromatic N) is 2. The SMILES string of the molecule is CCc1cc(C(=O)N(C)C2CCCCCC2)cc(NN)n1. The number of nitrogen functional groups attached to an aromatic ring is 1. The van der Waals surface area contributed by atoms with Crippen LogP contribution in [0.3, 0.4) is 0 Å². The average Bonchev–Trinajstić information content (AvgIpc) is 2.82. The van der Waals surface area contributed by atoms with Crippen molar-refractivity contribution in [1.29, 1.82) is 0 Å². The number of amides is 1. The second-order valence-electron chi connectivity index (χ2n) is 5.79. The van der Waals surface area contributed by atoms with E-state index in [9.17, 15) is 4.79 Å². The summed E-state index contributed by atoms with van der Waals surface area (Å²) in [5.74, 6) is 6.06. The Hall–Kier alpha value is -1.62. The maximum absolute atomic E-state index is 12.7. The van der Waals surface area contributed by atoms with Crippen LogP contribution in [-0.4, -0.2) is 28.9 Å². The third kappa shape index (κ3) is 3.94. The Bertz CT molecular complexity index is 459. The molecule has 0 saturated heterocycles. The number of rotatable bonds is 4. The van der Waals surface area contributed by atoms with Crippen molar-refractivity contribution < 1.29 is 4.79 Å². The van der Waals surface area contributed by atoms with E-state index in [1.54, 1.807) is 6.07 Å². The molecule has 1 fully saturated rings. The molecule has 0 aliphatic heterocycles. The minimum absolute atomic E-state index is 0.0653. The van der Waals surface area contributed by atoms with Crippen LogP contribution in [0.2, 0.25) is 0 Å². The van der Waals surface area contributed by atoms with Crippen LogP contribution in [0.4, 0.5) is 5.82 Å². The number of hydrazine groups is 1. The molecule has 1 heterocycles. The largest absolute Gasteiger partial charge is 0.339 e. The number of carbonyl (C=O) groups excluding carboxylic acids is 1. The van der Waals surface area contributed by atoms with E-state index in [-0.39, 0.29) is 5.91 Å². The molecule has 0 bridgehead atoms. The number of aromatic nitrogens is 1. The highest BCUT2D eigenvalue weighted by molar-refractivity contribution is 5.95. The molecule has 1 aromatic rings. The Morgan fingerprint density at radius 1 is 1.33 bits per heavy atom. The van der Waals surface area contributed by atoms with Crippen molar-refractivity contribution >= 4 is 11.7 Å². The zero-order valence-corrected chi connectivity index (χ0v) is 13.1. The van der Waals surface area contributed by atoms with Crippen LogP contribution >= 0.6 is 0 Å². The zero-order valence-electron chi connectivity index (χ0n) is 13.1. The average molecular weight is 290 g/mol. The van der Waals surface area contributed by atoms with Crippen molar-refractivity contribution in [3.63, 3.8) is 0 Å². The van der Waals surface area contributed by atoms with E-state index < -0.39 is 0 Å². The molecule has 1 aromatic heterocycles. The van der Waals surface area contributed by atoms with E-state index in [4.69, 9.17) is 5.84 Å². The first-order chi connectivity index (χ1) is 10.2. The van der Waals surface area contributed by atoms with Gasteiger partial charge in [0.15, 0.2) is 0 Å². The van der Waals surface area contributed by atoms with Crippen LogP contribution in [0, 0.1) is 0 Å². The molecular weight excluding hydrogens is 264 g/mol. The highest BCUT2D eigenvalue weighted by Gasteiger charge is 2.22.